The third-order valence-corrected chi connectivity index (χ3v) is 5.02. The molecule has 2 atom stereocenters. The highest BCUT2D eigenvalue weighted by atomic mass is 16.6. The number of carbonyl (C=O) groups is 4. The van der Waals surface area contributed by atoms with Gasteiger partial charge in [-0.3, -0.25) is 14.6 Å². The summed E-state index contributed by atoms with van der Waals surface area (Å²) < 4.78 is 10.5. The fourth-order valence-corrected chi connectivity index (χ4v) is 3.44. The maximum Gasteiger partial charge on any atom is 0.408 e. The molecule has 2 aromatic rings. The topological polar surface area (TPSA) is 150 Å². The molecular formula is C26H34N4O6. The summed E-state index contributed by atoms with van der Waals surface area (Å²) in [7, 11) is 0. The number of nitrogens with two attached hydrogens (primary N) is 1. The zero-order chi connectivity index (χ0) is 26.6. The van der Waals surface area contributed by atoms with Gasteiger partial charge in [-0.15, -0.1) is 0 Å². The first-order valence-corrected chi connectivity index (χ1v) is 11.7. The summed E-state index contributed by atoms with van der Waals surface area (Å²) >= 11 is 0. The van der Waals surface area contributed by atoms with Gasteiger partial charge in [0.1, 0.15) is 17.7 Å². The van der Waals surface area contributed by atoms with Crippen molar-refractivity contribution in [2.45, 2.75) is 70.7 Å². The first-order valence-electron chi connectivity index (χ1n) is 11.7. The Balaban J connectivity index is 2.03. The van der Waals surface area contributed by atoms with Crippen LogP contribution < -0.4 is 16.4 Å². The van der Waals surface area contributed by atoms with E-state index in [2.05, 4.69) is 15.6 Å². The van der Waals surface area contributed by atoms with Crippen molar-refractivity contribution in [2.24, 2.45) is 5.73 Å². The molecule has 10 nitrogen and oxygen atoms in total. The number of hydrogen-bond acceptors (Lipinski definition) is 7. The molecule has 1 aromatic heterocycles. The zero-order valence-corrected chi connectivity index (χ0v) is 20.9. The number of nitrogens with one attached hydrogen (secondary N) is 2. The molecule has 36 heavy (non-hydrogen) atoms. The molecule has 194 valence electrons. The van der Waals surface area contributed by atoms with Crippen LogP contribution in [-0.2, 0) is 32.0 Å². The number of hydrogen-bond donors (Lipinski definition) is 3. The molecule has 0 bridgehead atoms. The first kappa shape index (κ1) is 28.3. The molecule has 0 radical (unpaired) electrons. The summed E-state index contributed by atoms with van der Waals surface area (Å²) in [5.74, 6) is -1.64. The highest BCUT2D eigenvalue weighted by molar-refractivity contribution is 6.38. The van der Waals surface area contributed by atoms with Crippen LogP contribution in [0.4, 0.5) is 9.59 Å². The number of primary amides is 1. The van der Waals surface area contributed by atoms with E-state index in [1.54, 1.807) is 45.3 Å². The molecule has 2 unspecified atom stereocenters. The normalized spacial score (nSPS) is 12.6. The lowest BCUT2D eigenvalue weighted by molar-refractivity contribution is -0.139. The number of nitrogens with zero attached hydrogens (tertiary/aromatic N) is 1. The van der Waals surface area contributed by atoms with E-state index >= 15 is 0 Å². The second-order valence-electron chi connectivity index (χ2n) is 9.29. The van der Waals surface area contributed by atoms with Crippen molar-refractivity contribution in [3.63, 3.8) is 0 Å². The number of carbonyl (C=O) groups excluding carboxylic acids is 4. The van der Waals surface area contributed by atoms with Gasteiger partial charge in [-0.1, -0.05) is 36.4 Å². The van der Waals surface area contributed by atoms with Crippen molar-refractivity contribution in [1.82, 2.24) is 15.6 Å². The molecule has 0 aliphatic carbocycles. The molecule has 10 heteroatoms. The van der Waals surface area contributed by atoms with E-state index in [1.807, 2.05) is 30.3 Å². The van der Waals surface area contributed by atoms with E-state index in [0.717, 1.165) is 11.1 Å². The van der Waals surface area contributed by atoms with Crippen molar-refractivity contribution >= 4 is 23.9 Å². The van der Waals surface area contributed by atoms with Gasteiger partial charge in [0.2, 0.25) is 5.78 Å². The monoisotopic (exact) mass is 498 g/mol. The van der Waals surface area contributed by atoms with E-state index in [9.17, 15) is 19.2 Å². The van der Waals surface area contributed by atoms with Gasteiger partial charge in [0.05, 0.1) is 0 Å². The molecule has 1 heterocycles. The number of ketones is 1. The van der Waals surface area contributed by atoms with E-state index in [0.29, 0.717) is 19.3 Å². The maximum absolute atomic E-state index is 12.9. The SMILES string of the molecule is CC(C)(C)OC(=O)NC(CCCC(Cc1ccccc1)OC(N)=O)C(=O)C(=O)NCc1cccnc1. The third-order valence-electron chi connectivity index (χ3n) is 5.02. The second kappa shape index (κ2) is 13.8. The van der Waals surface area contributed by atoms with Gasteiger partial charge in [-0.2, -0.15) is 0 Å². The van der Waals surface area contributed by atoms with Gasteiger partial charge in [0.25, 0.3) is 5.91 Å². The zero-order valence-electron chi connectivity index (χ0n) is 20.9. The molecule has 4 N–H and O–H groups in total. The number of Topliss-reactive ketones (excluding diaryl/α,β-unsaturated/α-hetero) is 1. The smallest absolute Gasteiger partial charge is 0.408 e. The average Bonchev–Trinajstić information content (AvgIpc) is 2.81. The molecule has 0 saturated carbocycles. The Bertz CT molecular complexity index is 1010. The molecule has 1 aromatic carbocycles. The number of ether oxygens (including phenoxy) is 2. The number of aromatic nitrogens is 1. The number of amides is 3. The minimum atomic E-state index is -1.13. The Morgan fingerprint density at radius 2 is 1.69 bits per heavy atom. The van der Waals surface area contributed by atoms with Crippen molar-refractivity contribution in [3.05, 3.63) is 66.0 Å². The third kappa shape index (κ3) is 11.0. The van der Waals surface area contributed by atoms with Crippen LogP contribution in [-0.4, -0.2) is 46.6 Å². The van der Waals surface area contributed by atoms with E-state index < -0.39 is 41.6 Å². The number of pyridine rings is 1. The number of rotatable bonds is 12. The Hall–Kier alpha value is -3.95. The van der Waals surface area contributed by atoms with Gasteiger partial charge in [0.15, 0.2) is 0 Å². The predicted octanol–water partition coefficient (Wildman–Crippen LogP) is 3.04. The van der Waals surface area contributed by atoms with Gasteiger partial charge in [-0.05, 0) is 57.2 Å². The van der Waals surface area contributed by atoms with Crippen LogP contribution in [0.15, 0.2) is 54.9 Å². The largest absolute Gasteiger partial charge is 0.446 e. The summed E-state index contributed by atoms with van der Waals surface area (Å²) in [5.41, 5.74) is 6.13. The fourth-order valence-electron chi connectivity index (χ4n) is 3.44. The van der Waals surface area contributed by atoms with Crippen molar-refractivity contribution in [1.29, 1.82) is 0 Å². The standard InChI is InChI=1S/C26H34N4O6/c1-26(2,3)36-25(34)30-21(22(31)23(32)29-17-19-11-8-14-28-16-19)13-7-12-20(35-24(27)33)15-18-9-5-4-6-10-18/h4-6,8-11,14,16,20-21H,7,12-13,15,17H2,1-3H3,(H2,27,33)(H,29,32)(H,30,34). The van der Waals surface area contributed by atoms with Crippen LogP contribution in [0.3, 0.4) is 0 Å². The molecule has 3 amide bonds. The quantitative estimate of drug-likeness (QED) is 0.381. The van der Waals surface area contributed by atoms with Crippen LogP contribution >= 0.6 is 0 Å². The minimum Gasteiger partial charge on any atom is -0.446 e. The lowest BCUT2D eigenvalue weighted by Gasteiger charge is -2.23. The molecule has 2 rings (SSSR count). The van der Waals surface area contributed by atoms with Gasteiger partial charge >= 0.3 is 12.2 Å². The minimum absolute atomic E-state index is 0.114. The Morgan fingerprint density at radius 1 is 1.00 bits per heavy atom. The van der Waals surface area contributed by atoms with Crippen LogP contribution in [0.2, 0.25) is 0 Å². The summed E-state index contributed by atoms with van der Waals surface area (Å²) in [4.78, 5) is 53.1. The lowest BCUT2D eigenvalue weighted by atomic mass is 9.99. The van der Waals surface area contributed by atoms with Crippen LogP contribution in [0.5, 0.6) is 0 Å². The molecule has 0 saturated heterocycles. The maximum atomic E-state index is 12.9. The summed E-state index contributed by atoms with van der Waals surface area (Å²) in [6.07, 6.45) is 2.25. The van der Waals surface area contributed by atoms with E-state index in [-0.39, 0.29) is 13.0 Å². The predicted molar refractivity (Wildman–Crippen MR) is 133 cm³/mol. The van der Waals surface area contributed by atoms with Crippen LogP contribution in [0.25, 0.3) is 0 Å². The van der Waals surface area contributed by atoms with E-state index in [1.165, 1.54) is 0 Å². The van der Waals surface area contributed by atoms with Crippen molar-refractivity contribution < 1.29 is 28.7 Å². The molecule has 0 aliphatic heterocycles. The Kier molecular flexibility index (Phi) is 10.9. The first-order chi connectivity index (χ1) is 17.0. The second-order valence-corrected chi connectivity index (χ2v) is 9.29. The molecule has 0 spiro atoms. The van der Waals surface area contributed by atoms with Crippen LogP contribution in [0, 0.1) is 0 Å². The Morgan fingerprint density at radius 3 is 2.31 bits per heavy atom. The van der Waals surface area contributed by atoms with Crippen molar-refractivity contribution in [2.75, 3.05) is 0 Å². The molecule has 0 fully saturated rings. The highest BCUT2D eigenvalue weighted by Crippen LogP contribution is 2.15. The summed E-state index contributed by atoms with van der Waals surface area (Å²) in [6.45, 7) is 5.20. The van der Waals surface area contributed by atoms with Gasteiger partial charge in [-0.25, -0.2) is 9.59 Å². The van der Waals surface area contributed by atoms with Crippen molar-refractivity contribution in [3.8, 4) is 0 Å². The van der Waals surface area contributed by atoms with Gasteiger partial charge in [0, 0.05) is 25.4 Å². The summed E-state index contributed by atoms with van der Waals surface area (Å²) in [5, 5.41) is 5.05. The Labute approximate surface area is 210 Å². The molecule has 0 aliphatic rings. The highest BCUT2D eigenvalue weighted by Gasteiger charge is 2.29. The average molecular weight is 499 g/mol. The molecular weight excluding hydrogens is 464 g/mol. The number of benzene rings is 1. The van der Waals surface area contributed by atoms with Crippen LogP contribution in [0.1, 0.15) is 51.2 Å². The van der Waals surface area contributed by atoms with Gasteiger partial charge < -0.3 is 25.8 Å². The number of alkyl carbamates (subject to hydrolysis) is 1. The summed E-state index contributed by atoms with van der Waals surface area (Å²) in [6, 6.07) is 11.8. The van der Waals surface area contributed by atoms with E-state index in [4.69, 9.17) is 15.2 Å². The lowest BCUT2D eigenvalue weighted by Crippen LogP contribution is -2.48. The fraction of sp³-hybridized carbons (Fsp3) is 0.423.